The molecule has 0 aromatic heterocycles. The second kappa shape index (κ2) is 7.45. The molecule has 142 valence electrons. The molecule has 4 heteroatoms. The third-order valence-corrected chi connectivity index (χ3v) is 6.41. The third kappa shape index (κ3) is 3.07. The van der Waals surface area contributed by atoms with Crippen molar-refractivity contribution in [1.29, 1.82) is 0 Å². The van der Waals surface area contributed by atoms with Crippen LogP contribution in [-0.2, 0) is 16.8 Å². The zero-order valence-electron chi connectivity index (χ0n) is 16.3. The molecule has 1 saturated heterocycles. The van der Waals surface area contributed by atoms with Crippen molar-refractivity contribution in [3.05, 3.63) is 71.3 Å². The molecular formula is C23H29N3O. The van der Waals surface area contributed by atoms with Crippen molar-refractivity contribution in [3.63, 3.8) is 0 Å². The minimum atomic E-state index is -0.531. The number of carbonyl (C=O) groups excluding carboxylic acids is 1. The summed E-state index contributed by atoms with van der Waals surface area (Å²) in [6.45, 7) is 5.82. The van der Waals surface area contributed by atoms with Gasteiger partial charge in [-0.1, -0.05) is 54.6 Å². The lowest BCUT2D eigenvalue weighted by molar-refractivity contribution is -0.147. The van der Waals surface area contributed by atoms with E-state index in [1.54, 1.807) is 0 Å². The van der Waals surface area contributed by atoms with Gasteiger partial charge in [0.15, 0.2) is 0 Å². The van der Waals surface area contributed by atoms with Gasteiger partial charge in [-0.3, -0.25) is 9.69 Å². The Kier molecular flexibility index (Phi) is 5.02. The van der Waals surface area contributed by atoms with Crippen LogP contribution < -0.4 is 5.32 Å². The largest absolute Gasteiger partial charge is 0.337 e. The van der Waals surface area contributed by atoms with Gasteiger partial charge in [0.1, 0.15) is 5.54 Å². The maximum absolute atomic E-state index is 14.0. The summed E-state index contributed by atoms with van der Waals surface area (Å²) >= 11 is 0. The Hall–Kier alpha value is -2.17. The summed E-state index contributed by atoms with van der Waals surface area (Å²) in [5, 5.41) is 3.43. The maximum atomic E-state index is 14.0. The highest BCUT2D eigenvalue weighted by molar-refractivity contribution is 5.89. The van der Waals surface area contributed by atoms with Crippen LogP contribution >= 0.6 is 0 Å². The van der Waals surface area contributed by atoms with Gasteiger partial charge < -0.3 is 10.2 Å². The topological polar surface area (TPSA) is 35.6 Å². The summed E-state index contributed by atoms with van der Waals surface area (Å²) in [4.78, 5) is 18.4. The lowest BCUT2D eigenvalue weighted by Crippen LogP contribution is -2.60. The Morgan fingerprint density at radius 1 is 1.07 bits per heavy atom. The van der Waals surface area contributed by atoms with Gasteiger partial charge in [-0.25, -0.2) is 0 Å². The Balaban J connectivity index is 1.72. The molecule has 2 aromatic carbocycles. The molecule has 0 spiro atoms. The first-order valence-corrected chi connectivity index (χ1v) is 10.0. The zero-order chi connectivity index (χ0) is 18.9. The SMILES string of the molecule is C[C@H](c1ccccc1)N(C)C(=O)C1(N2CCNCC2)CCc2ccccc21. The van der Waals surface area contributed by atoms with Gasteiger partial charge in [-0.05, 0) is 36.5 Å². The second-order valence-corrected chi connectivity index (χ2v) is 7.76. The quantitative estimate of drug-likeness (QED) is 0.907. The van der Waals surface area contributed by atoms with E-state index in [2.05, 4.69) is 53.5 Å². The Morgan fingerprint density at radius 3 is 2.48 bits per heavy atom. The Morgan fingerprint density at radius 2 is 1.74 bits per heavy atom. The minimum absolute atomic E-state index is 0.0475. The first-order valence-electron chi connectivity index (χ1n) is 10.0. The van der Waals surface area contributed by atoms with Gasteiger partial charge in [0.25, 0.3) is 0 Å². The van der Waals surface area contributed by atoms with Crippen molar-refractivity contribution in [3.8, 4) is 0 Å². The highest BCUT2D eigenvalue weighted by Gasteiger charge is 2.51. The minimum Gasteiger partial charge on any atom is -0.337 e. The molecule has 2 atom stereocenters. The van der Waals surface area contributed by atoms with E-state index < -0.39 is 5.54 Å². The Labute approximate surface area is 162 Å². The number of hydrogen-bond acceptors (Lipinski definition) is 3. The number of rotatable bonds is 4. The lowest BCUT2D eigenvalue weighted by Gasteiger charge is -2.45. The smallest absolute Gasteiger partial charge is 0.247 e. The molecule has 0 saturated carbocycles. The molecule has 1 amide bonds. The maximum Gasteiger partial charge on any atom is 0.247 e. The lowest BCUT2D eigenvalue weighted by atomic mass is 9.86. The predicted octanol–water partition coefficient (Wildman–Crippen LogP) is 2.95. The van der Waals surface area contributed by atoms with Crippen LogP contribution in [0, 0.1) is 0 Å². The van der Waals surface area contributed by atoms with Crippen molar-refractivity contribution in [2.45, 2.75) is 31.3 Å². The van der Waals surface area contributed by atoms with Gasteiger partial charge in [0, 0.05) is 33.2 Å². The van der Waals surface area contributed by atoms with Crippen molar-refractivity contribution in [2.75, 3.05) is 33.2 Å². The van der Waals surface area contributed by atoms with Crippen LogP contribution in [0.5, 0.6) is 0 Å². The van der Waals surface area contributed by atoms with Gasteiger partial charge >= 0.3 is 0 Å². The fourth-order valence-corrected chi connectivity index (χ4v) is 4.75. The molecule has 1 unspecified atom stereocenters. The van der Waals surface area contributed by atoms with Crippen LogP contribution in [0.1, 0.15) is 36.1 Å². The van der Waals surface area contributed by atoms with E-state index in [1.165, 1.54) is 16.7 Å². The Bertz CT molecular complexity index is 800. The normalized spacial score (nSPS) is 23.6. The average Bonchev–Trinajstić information content (AvgIpc) is 3.14. The van der Waals surface area contributed by atoms with E-state index in [4.69, 9.17) is 0 Å². The van der Waals surface area contributed by atoms with Gasteiger partial charge in [-0.2, -0.15) is 0 Å². The first-order chi connectivity index (χ1) is 13.1. The number of fused-ring (bicyclic) bond motifs is 1. The molecule has 1 aliphatic carbocycles. The monoisotopic (exact) mass is 363 g/mol. The summed E-state index contributed by atoms with van der Waals surface area (Å²) in [6, 6.07) is 18.9. The summed E-state index contributed by atoms with van der Waals surface area (Å²) in [5.41, 5.74) is 3.18. The van der Waals surface area contributed by atoms with Gasteiger partial charge in [-0.15, -0.1) is 0 Å². The number of piperazine rings is 1. The van der Waals surface area contributed by atoms with Crippen molar-refractivity contribution >= 4 is 5.91 Å². The number of nitrogens with zero attached hydrogens (tertiary/aromatic N) is 2. The third-order valence-electron chi connectivity index (χ3n) is 6.41. The van der Waals surface area contributed by atoms with Crippen molar-refractivity contribution in [2.24, 2.45) is 0 Å². The van der Waals surface area contributed by atoms with Gasteiger partial charge in [0.2, 0.25) is 5.91 Å². The number of benzene rings is 2. The van der Waals surface area contributed by atoms with Gasteiger partial charge in [0.05, 0.1) is 6.04 Å². The summed E-state index contributed by atoms with van der Waals surface area (Å²) in [6.07, 6.45) is 1.84. The number of amides is 1. The molecule has 4 nitrogen and oxygen atoms in total. The molecule has 2 aromatic rings. The average molecular weight is 364 g/mol. The molecule has 0 bridgehead atoms. The fraction of sp³-hybridized carbons (Fsp3) is 0.435. The molecular weight excluding hydrogens is 334 g/mol. The van der Waals surface area contributed by atoms with E-state index in [-0.39, 0.29) is 11.9 Å². The predicted molar refractivity (Wildman–Crippen MR) is 109 cm³/mol. The molecule has 27 heavy (non-hydrogen) atoms. The highest BCUT2D eigenvalue weighted by atomic mass is 16.2. The van der Waals surface area contributed by atoms with Crippen molar-refractivity contribution in [1.82, 2.24) is 15.1 Å². The molecule has 0 radical (unpaired) electrons. The molecule has 1 fully saturated rings. The van der Waals surface area contributed by atoms with Crippen molar-refractivity contribution < 1.29 is 4.79 Å². The van der Waals surface area contributed by atoms with Crippen LogP contribution in [0.4, 0.5) is 0 Å². The van der Waals surface area contributed by atoms with E-state index in [0.717, 1.165) is 39.0 Å². The summed E-state index contributed by atoms with van der Waals surface area (Å²) in [5.74, 6) is 0.228. The summed E-state index contributed by atoms with van der Waals surface area (Å²) in [7, 11) is 1.96. The molecule has 1 heterocycles. The number of hydrogen-bond donors (Lipinski definition) is 1. The van der Waals surface area contributed by atoms with E-state index in [9.17, 15) is 4.79 Å². The van der Waals surface area contributed by atoms with E-state index >= 15 is 0 Å². The zero-order valence-corrected chi connectivity index (χ0v) is 16.3. The molecule has 1 aliphatic heterocycles. The number of carbonyl (C=O) groups is 1. The van der Waals surface area contributed by atoms with Crippen LogP contribution in [0.3, 0.4) is 0 Å². The fourth-order valence-electron chi connectivity index (χ4n) is 4.75. The molecule has 1 N–H and O–H groups in total. The number of likely N-dealkylation sites (N-methyl/N-ethyl adjacent to an activating group) is 1. The molecule has 2 aliphatic rings. The number of nitrogens with one attached hydrogen (secondary N) is 1. The first kappa shape index (κ1) is 18.2. The van der Waals surface area contributed by atoms with Crippen LogP contribution in [0.15, 0.2) is 54.6 Å². The number of aryl methyl sites for hydroxylation is 1. The van der Waals surface area contributed by atoms with E-state index in [1.807, 2.05) is 30.1 Å². The summed E-state index contributed by atoms with van der Waals surface area (Å²) < 4.78 is 0. The van der Waals surface area contributed by atoms with Crippen LogP contribution in [0.25, 0.3) is 0 Å². The van der Waals surface area contributed by atoms with Crippen LogP contribution in [0.2, 0.25) is 0 Å². The standard InChI is InChI=1S/C23H29N3O/c1-18(19-8-4-3-5-9-19)25(2)22(27)23(26-16-14-24-15-17-26)13-12-20-10-6-7-11-21(20)23/h3-11,18,24H,12-17H2,1-2H3/t18-,23?/m1/s1. The van der Waals surface area contributed by atoms with Crippen LogP contribution in [-0.4, -0.2) is 48.9 Å². The van der Waals surface area contributed by atoms with E-state index in [0.29, 0.717) is 0 Å². The molecule has 4 rings (SSSR count). The highest BCUT2D eigenvalue weighted by Crippen LogP contribution is 2.44. The second-order valence-electron chi connectivity index (χ2n) is 7.76.